The largest absolute Gasteiger partial charge is 0.370 e. The van der Waals surface area contributed by atoms with Gasteiger partial charge in [0.2, 0.25) is 9.84 Å². The zero-order valence-corrected chi connectivity index (χ0v) is 18.7. The monoisotopic (exact) mass is 439 g/mol. The van der Waals surface area contributed by atoms with Crippen LogP contribution in [0.2, 0.25) is 5.02 Å². The molecule has 10 heteroatoms. The van der Waals surface area contributed by atoms with E-state index in [1.54, 1.807) is 7.05 Å². The minimum Gasteiger partial charge on any atom is -0.370 e. The maximum absolute atomic E-state index is 13.5. The van der Waals surface area contributed by atoms with Gasteiger partial charge in [0.05, 0.1) is 9.92 Å². The number of sulfone groups is 1. The first kappa shape index (κ1) is 21.5. The molecule has 0 amide bonds. The molecule has 0 aliphatic heterocycles. The molecule has 1 aromatic carbocycles. The summed E-state index contributed by atoms with van der Waals surface area (Å²) in [5, 5.41) is 7.01. The van der Waals surface area contributed by atoms with Crippen LogP contribution in [-0.2, 0) is 9.84 Å². The quantitative estimate of drug-likeness (QED) is 0.611. The van der Waals surface area contributed by atoms with Crippen LogP contribution in [0.15, 0.2) is 28.0 Å². The van der Waals surface area contributed by atoms with E-state index < -0.39 is 15.7 Å². The van der Waals surface area contributed by atoms with E-state index in [9.17, 15) is 12.8 Å². The van der Waals surface area contributed by atoms with Gasteiger partial charge in [-0.15, -0.1) is 5.10 Å². The number of nitrogens with one attached hydrogen (secondary N) is 1. The second-order valence-electron chi connectivity index (χ2n) is 7.08. The van der Waals surface area contributed by atoms with Gasteiger partial charge >= 0.3 is 0 Å². The highest BCUT2D eigenvalue weighted by atomic mass is 35.5. The SMILES string of the molecule is CNc1nn2c(C)c(C(C)N(C)C)c(C)nc2c1S(=O)(=O)c1ccc(F)c(Cl)c1. The summed E-state index contributed by atoms with van der Waals surface area (Å²) < 4.78 is 41.8. The first-order chi connectivity index (χ1) is 13.5. The van der Waals surface area contributed by atoms with Crippen molar-refractivity contribution in [3.63, 3.8) is 0 Å². The highest BCUT2D eigenvalue weighted by Crippen LogP contribution is 2.34. The number of hydrogen-bond acceptors (Lipinski definition) is 6. The van der Waals surface area contributed by atoms with Gasteiger partial charge in [-0.25, -0.2) is 22.3 Å². The summed E-state index contributed by atoms with van der Waals surface area (Å²) in [6.07, 6.45) is 0. The number of aryl methyl sites for hydroxylation is 2. The maximum atomic E-state index is 13.5. The molecule has 0 saturated heterocycles. The molecule has 7 nitrogen and oxygen atoms in total. The summed E-state index contributed by atoms with van der Waals surface area (Å²) >= 11 is 5.81. The molecule has 0 spiro atoms. The number of anilines is 1. The maximum Gasteiger partial charge on any atom is 0.214 e. The third kappa shape index (κ3) is 3.47. The number of benzene rings is 1. The third-order valence-corrected chi connectivity index (χ3v) is 7.17. The summed E-state index contributed by atoms with van der Waals surface area (Å²) in [6.45, 7) is 5.78. The van der Waals surface area contributed by atoms with Crippen molar-refractivity contribution < 1.29 is 12.8 Å². The van der Waals surface area contributed by atoms with E-state index in [-0.39, 0.29) is 32.3 Å². The Morgan fingerprint density at radius 3 is 2.48 bits per heavy atom. The van der Waals surface area contributed by atoms with Crippen LogP contribution in [0.1, 0.15) is 29.9 Å². The van der Waals surface area contributed by atoms with Gasteiger partial charge in [0.1, 0.15) is 5.82 Å². The molecule has 0 fully saturated rings. The van der Waals surface area contributed by atoms with Gasteiger partial charge in [0.15, 0.2) is 16.4 Å². The highest BCUT2D eigenvalue weighted by molar-refractivity contribution is 7.91. The number of nitrogens with zero attached hydrogens (tertiary/aromatic N) is 4. The first-order valence-electron chi connectivity index (χ1n) is 8.94. The van der Waals surface area contributed by atoms with Crippen LogP contribution in [0.4, 0.5) is 10.2 Å². The van der Waals surface area contributed by atoms with E-state index in [0.717, 1.165) is 23.4 Å². The lowest BCUT2D eigenvalue weighted by molar-refractivity contribution is 0.317. The first-order valence-corrected chi connectivity index (χ1v) is 10.8. The van der Waals surface area contributed by atoms with Crippen molar-refractivity contribution in [3.8, 4) is 0 Å². The molecular weight excluding hydrogens is 417 g/mol. The van der Waals surface area contributed by atoms with Crippen molar-refractivity contribution in [2.75, 3.05) is 26.5 Å². The van der Waals surface area contributed by atoms with Crippen molar-refractivity contribution in [3.05, 3.63) is 46.0 Å². The van der Waals surface area contributed by atoms with Crippen LogP contribution < -0.4 is 5.32 Å². The van der Waals surface area contributed by atoms with Crippen molar-refractivity contribution in [2.45, 2.75) is 36.6 Å². The molecule has 3 aromatic rings. The zero-order valence-electron chi connectivity index (χ0n) is 17.1. The predicted molar refractivity (Wildman–Crippen MR) is 111 cm³/mol. The van der Waals surface area contributed by atoms with Gasteiger partial charge in [-0.3, -0.25) is 0 Å². The van der Waals surface area contributed by atoms with Crippen LogP contribution in [0.25, 0.3) is 5.65 Å². The molecule has 1 unspecified atom stereocenters. The van der Waals surface area contributed by atoms with Crippen molar-refractivity contribution in [2.24, 2.45) is 0 Å². The van der Waals surface area contributed by atoms with Crippen molar-refractivity contribution >= 4 is 32.9 Å². The molecule has 1 atom stereocenters. The molecule has 2 heterocycles. The van der Waals surface area contributed by atoms with E-state index in [1.165, 1.54) is 10.6 Å². The van der Waals surface area contributed by atoms with Gasteiger partial charge in [0.25, 0.3) is 0 Å². The Kier molecular flexibility index (Phi) is 5.59. The number of fused-ring (bicyclic) bond motifs is 1. The molecule has 0 aliphatic rings. The molecule has 0 radical (unpaired) electrons. The highest BCUT2D eigenvalue weighted by Gasteiger charge is 2.31. The lowest BCUT2D eigenvalue weighted by atomic mass is 10.0. The molecule has 29 heavy (non-hydrogen) atoms. The van der Waals surface area contributed by atoms with Crippen LogP contribution in [0.3, 0.4) is 0 Å². The van der Waals surface area contributed by atoms with Gasteiger partial charge in [-0.05, 0) is 53.1 Å². The van der Waals surface area contributed by atoms with Crippen LogP contribution in [0, 0.1) is 19.7 Å². The zero-order chi connectivity index (χ0) is 21.7. The van der Waals surface area contributed by atoms with Gasteiger partial charge < -0.3 is 10.2 Å². The fourth-order valence-electron chi connectivity index (χ4n) is 3.36. The average Bonchev–Trinajstić information content (AvgIpc) is 3.03. The molecule has 2 aromatic heterocycles. The Labute approximate surface area is 174 Å². The average molecular weight is 440 g/mol. The Hall–Kier alpha value is -2.23. The van der Waals surface area contributed by atoms with Crippen molar-refractivity contribution in [1.29, 1.82) is 0 Å². The standard InChI is InChI=1S/C19H23ClFN5O2S/c1-10-16(11(2)25(5)6)12(3)26-19(23-10)17(18(22-4)24-26)29(27,28)13-7-8-15(21)14(20)9-13/h7-9,11H,1-6H3,(H,22,24). The van der Waals surface area contributed by atoms with E-state index in [1.807, 2.05) is 39.8 Å². The Morgan fingerprint density at radius 1 is 1.28 bits per heavy atom. The van der Waals surface area contributed by atoms with Gasteiger partial charge in [-0.2, -0.15) is 0 Å². The molecule has 1 N–H and O–H groups in total. The molecule has 0 aliphatic carbocycles. The molecule has 156 valence electrons. The lowest BCUT2D eigenvalue weighted by Crippen LogP contribution is -2.21. The van der Waals surface area contributed by atoms with Gasteiger partial charge in [0, 0.05) is 30.0 Å². The number of aromatic nitrogens is 3. The molecule has 0 saturated carbocycles. The van der Waals surface area contributed by atoms with E-state index in [2.05, 4.69) is 15.4 Å². The topological polar surface area (TPSA) is 79.6 Å². The summed E-state index contributed by atoms with van der Waals surface area (Å²) in [7, 11) is 1.45. The Morgan fingerprint density at radius 2 is 1.93 bits per heavy atom. The summed E-state index contributed by atoms with van der Waals surface area (Å²) in [6, 6.07) is 3.37. The second kappa shape index (κ2) is 7.55. The Balaban J connectivity index is 2.35. The van der Waals surface area contributed by atoms with Crippen LogP contribution >= 0.6 is 11.6 Å². The predicted octanol–water partition coefficient (Wildman–Crippen LogP) is 3.64. The number of halogens is 2. The van der Waals surface area contributed by atoms with Crippen LogP contribution in [-0.4, -0.2) is 49.1 Å². The molecule has 3 rings (SSSR count). The minimum atomic E-state index is -4.06. The van der Waals surface area contributed by atoms with Gasteiger partial charge in [-0.1, -0.05) is 11.6 Å². The van der Waals surface area contributed by atoms with E-state index in [0.29, 0.717) is 5.69 Å². The Bertz CT molecular complexity index is 1210. The van der Waals surface area contributed by atoms with Crippen molar-refractivity contribution in [1.82, 2.24) is 19.5 Å². The summed E-state index contributed by atoms with van der Waals surface area (Å²) in [5.41, 5.74) is 2.69. The normalized spacial score (nSPS) is 13.3. The number of hydrogen-bond donors (Lipinski definition) is 1. The third-order valence-electron chi connectivity index (χ3n) is 5.09. The van der Waals surface area contributed by atoms with E-state index >= 15 is 0 Å². The number of rotatable bonds is 5. The molecule has 0 bridgehead atoms. The second-order valence-corrected chi connectivity index (χ2v) is 9.37. The summed E-state index contributed by atoms with van der Waals surface area (Å²) in [5.74, 6) is -0.526. The lowest BCUT2D eigenvalue weighted by Gasteiger charge is -2.23. The van der Waals surface area contributed by atoms with E-state index in [4.69, 9.17) is 11.6 Å². The van der Waals surface area contributed by atoms with Crippen LogP contribution in [0.5, 0.6) is 0 Å². The minimum absolute atomic E-state index is 0.0603. The fourth-order valence-corrected chi connectivity index (χ4v) is 5.13. The smallest absolute Gasteiger partial charge is 0.214 e. The molecular formula is C19H23ClFN5O2S. The summed E-state index contributed by atoms with van der Waals surface area (Å²) in [4.78, 5) is 6.43. The fraction of sp³-hybridized carbons (Fsp3) is 0.368.